The van der Waals surface area contributed by atoms with Gasteiger partial charge in [-0.15, -0.1) is 5.10 Å². The standard InChI is InChI=1S/C12H13N3O3/c1-17-8-4-3-7-15-9(8)13-10(14-15)12(5-6-12)11(16)18-2/h3-4,7H,5-6H2,1-2H3. The third-order valence-electron chi connectivity index (χ3n) is 3.30. The largest absolute Gasteiger partial charge is 0.493 e. The summed E-state index contributed by atoms with van der Waals surface area (Å²) in [7, 11) is 2.97. The van der Waals surface area contributed by atoms with E-state index < -0.39 is 5.41 Å². The van der Waals surface area contributed by atoms with Gasteiger partial charge in [0.25, 0.3) is 0 Å². The monoisotopic (exact) mass is 247 g/mol. The predicted molar refractivity (Wildman–Crippen MR) is 62.5 cm³/mol. The van der Waals surface area contributed by atoms with E-state index in [1.165, 1.54) is 7.11 Å². The number of esters is 1. The Bertz CT molecular complexity index is 616. The minimum absolute atomic E-state index is 0.266. The van der Waals surface area contributed by atoms with Crippen LogP contribution < -0.4 is 4.74 Å². The van der Waals surface area contributed by atoms with Gasteiger partial charge in [-0.1, -0.05) is 0 Å². The van der Waals surface area contributed by atoms with E-state index in [1.807, 2.05) is 12.1 Å². The van der Waals surface area contributed by atoms with Gasteiger partial charge in [-0.3, -0.25) is 4.79 Å². The third kappa shape index (κ3) is 1.38. The Morgan fingerprint density at radius 2 is 2.22 bits per heavy atom. The van der Waals surface area contributed by atoms with Crippen molar-refractivity contribution in [1.29, 1.82) is 0 Å². The first-order chi connectivity index (χ1) is 8.71. The quantitative estimate of drug-likeness (QED) is 0.755. The molecule has 2 heterocycles. The molecule has 0 saturated heterocycles. The molecule has 0 radical (unpaired) electrons. The Hall–Kier alpha value is -2.11. The first-order valence-corrected chi connectivity index (χ1v) is 5.69. The van der Waals surface area contributed by atoms with Crippen molar-refractivity contribution in [2.75, 3.05) is 14.2 Å². The Kier molecular flexibility index (Phi) is 2.26. The van der Waals surface area contributed by atoms with Crippen LogP contribution in [-0.4, -0.2) is 34.8 Å². The lowest BCUT2D eigenvalue weighted by atomic mass is 10.1. The second-order valence-corrected chi connectivity index (χ2v) is 4.35. The Morgan fingerprint density at radius 3 is 2.83 bits per heavy atom. The summed E-state index contributed by atoms with van der Waals surface area (Å²) in [4.78, 5) is 16.2. The SMILES string of the molecule is COC(=O)C1(c2nc3c(OC)cccn3n2)CC1. The van der Waals surface area contributed by atoms with Crippen LogP contribution in [0.15, 0.2) is 18.3 Å². The van der Waals surface area contributed by atoms with Gasteiger partial charge in [-0.2, -0.15) is 0 Å². The lowest BCUT2D eigenvalue weighted by molar-refractivity contribution is -0.143. The molecule has 6 nitrogen and oxygen atoms in total. The fourth-order valence-corrected chi connectivity index (χ4v) is 2.08. The summed E-state index contributed by atoms with van der Waals surface area (Å²) in [5.74, 6) is 0.883. The smallest absolute Gasteiger partial charge is 0.319 e. The number of aromatic nitrogens is 3. The molecule has 0 aromatic carbocycles. The van der Waals surface area contributed by atoms with Crippen LogP contribution >= 0.6 is 0 Å². The van der Waals surface area contributed by atoms with Crippen LogP contribution in [0.2, 0.25) is 0 Å². The third-order valence-corrected chi connectivity index (χ3v) is 3.30. The molecule has 0 amide bonds. The Balaban J connectivity index is 2.12. The molecular formula is C12H13N3O3. The van der Waals surface area contributed by atoms with Gasteiger partial charge in [0.1, 0.15) is 5.41 Å². The molecule has 18 heavy (non-hydrogen) atoms. The second kappa shape index (κ2) is 3.69. The van der Waals surface area contributed by atoms with Crippen LogP contribution in [0.5, 0.6) is 5.75 Å². The molecule has 0 aliphatic heterocycles. The van der Waals surface area contributed by atoms with Crippen LogP contribution in [0, 0.1) is 0 Å². The Morgan fingerprint density at radius 1 is 1.44 bits per heavy atom. The van der Waals surface area contributed by atoms with Crippen LogP contribution in [0.1, 0.15) is 18.7 Å². The zero-order valence-electron chi connectivity index (χ0n) is 10.2. The number of carbonyl (C=O) groups is 1. The van der Waals surface area contributed by atoms with Crippen molar-refractivity contribution >= 4 is 11.6 Å². The van der Waals surface area contributed by atoms with E-state index in [9.17, 15) is 4.79 Å². The number of hydrogen-bond donors (Lipinski definition) is 0. The van der Waals surface area contributed by atoms with E-state index in [2.05, 4.69) is 10.1 Å². The molecule has 0 N–H and O–H groups in total. The lowest BCUT2D eigenvalue weighted by Crippen LogP contribution is -2.23. The minimum atomic E-state index is -0.647. The van der Waals surface area contributed by atoms with Crippen LogP contribution in [0.4, 0.5) is 0 Å². The first kappa shape index (κ1) is 11.0. The van der Waals surface area contributed by atoms with Gasteiger partial charge < -0.3 is 9.47 Å². The predicted octanol–water partition coefficient (Wildman–Crippen LogP) is 0.942. The van der Waals surface area contributed by atoms with Crippen molar-refractivity contribution in [2.45, 2.75) is 18.3 Å². The molecule has 1 aliphatic rings. The summed E-state index contributed by atoms with van der Waals surface area (Å²) >= 11 is 0. The number of carbonyl (C=O) groups excluding carboxylic acids is 1. The molecule has 6 heteroatoms. The number of pyridine rings is 1. The van der Waals surface area contributed by atoms with E-state index in [-0.39, 0.29) is 5.97 Å². The average Bonchev–Trinajstić information content (AvgIpc) is 3.10. The van der Waals surface area contributed by atoms with E-state index in [4.69, 9.17) is 9.47 Å². The molecule has 0 spiro atoms. The molecule has 0 bridgehead atoms. The maximum atomic E-state index is 11.8. The van der Waals surface area contributed by atoms with E-state index in [0.717, 1.165) is 12.8 Å². The van der Waals surface area contributed by atoms with Gasteiger partial charge >= 0.3 is 5.97 Å². The summed E-state index contributed by atoms with van der Waals surface area (Å²) in [6.45, 7) is 0. The molecule has 3 rings (SSSR count). The summed E-state index contributed by atoms with van der Waals surface area (Å²) in [6, 6.07) is 3.63. The van der Waals surface area contributed by atoms with Crippen molar-refractivity contribution in [3.63, 3.8) is 0 Å². The number of rotatable bonds is 3. The Labute approximate surface area is 104 Å². The van der Waals surface area contributed by atoms with Gasteiger partial charge in [-0.25, -0.2) is 9.50 Å². The lowest BCUT2D eigenvalue weighted by Gasteiger charge is -2.06. The van der Waals surface area contributed by atoms with Gasteiger partial charge in [0.05, 0.1) is 14.2 Å². The number of nitrogens with zero attached hydrogens (tertiary/aromatic N) is 3. The molecule has 1 aliphatic carbocycles. The van der Waals surface area contributed by atoms with Gasteiger partial charge in [0, 0.05) is 6.20 Å². The van der Waals surface area contributed by atoms with Gasteiger partial charge in [0.15, 0.2) is 17.2 Å². The summed E-state index contributed by atoms with van der Waals surface area (Å²) < 4.78 is 11.7. The van der Waals surface area contributed by atoms with Crippen LogP contribution in [0.3, 0.4) is 0 Å². The van der Waals surface area contributed by atoms with Gasteiger partial charge in [0.2, 0.25) is 0 Å². The van der Waals surface area contributed by atoms with Crippen molar-refractivity contribution in [3.8, 4) is 5.75 Å². The molecule has 0 unspecified atom stereocenters. The maximum absolute atomic E-state index is 11.8. The highest BCUT2D eigenvalue weighted by Crippen LogP contribution is 2.47. The number of fused-ring (bicyclic) bond motifs is 1. The highest BCUT2D eigenvalue weighted by Gasteiger charge is 2.56. The van der Waals surface area contributed by atoms with E-state index >= 15 is 0 Å². The van der Waals surface area contributed by atoms with Crippen molar-refractivity contribution in [2.24, 2.45) is 0 Å². The summed E-state index contributed by atoms with van der Waals surface area (Å²) in [5.41, 5.74) is -0.0311. The number of methoxy groups -OCH3 is 2. The minimum Gasteiger partial charge on any atom is -0.493 e. The summed E-state index contributed by atoms with van der Waals surface area (Å²) in [6.07, 6.45) is 3.25. The fourth-order valence-electron chi connectivity index (χ4n) is 2.08. The van der Waals surface area contributed by atoms with Gasteiger partial charge in [-0.05, 0) is 25.0 Å². The highest BCUT2D eigenvalue weighted by molar-refractivity contribution is 5.85. The van der Waals surface area contributed by atoms with E-state index in [0.29, 0.717) is 17.2 Å². The normalized spacial score (nSPS) is 16.6. The fraction of sp³-hybridized carbons (Fsp3) is 0.417. The van der Waals surface area contributed by atoms with Crippen LogP contribution in [-0.2, 0) is 14.9 Å². The van der Waals surface area contributed by atoms with Crippen molar-refractivity contribution < 1.29 is 14.3 Å². The van der Waals surface area contributed by atoms with Crippen molar-refractivity contribution in [1.82, 2.24) is 14.6 Å². The zero-order valence-corrected chi connectivity index (χ0v) is 10.2. The maximum Gasteiger partial charge on any atom is 0.319 e. The van der Waals surface area contributed by atoms with Crippen LogP contribution in [0.25, 0.3) is 5.65 Å². The number of hydrogen-bond acceptors (Lipinski definition) is 5. The first-order valence-electron chi connectivity index (χ1n) is 5.69. The second-order valence-electron chi connectivity index (χ2n) is 4.35. The molecule has 94 valence electrons. The molecule has 1 saturated carbocycles. The molecule has 2 aromatic rings. The number of ether oxygens (including phenoxy) is 2. The highest BCUT2D eigenvalue weighted by atomic mass is 16.5. The molecular weight excluding hydrogens is 234 g/mol. The molecule has 0 atom stereocenters. The zero-order chi connectivity index (χ0) is 12.8. The van der Waals surface area contributed by atoms with E-state index in [1.54, 1.807) is 17.8 Å². The molecule has 1 fully saturated rings. The van der Waals surface area contributed by atoms with Crippen molar-refractivity contribution in [3.05, 3.63) is 24.2 Å². The topological polar surface area (TPSA) is 65.7 Å². The summed E-state index contributed by atoms with van der Waals surface area (Å²) in [5, 5.41) is 4.35. The molecule has 2 aromatic heterocycles. The average molecular weight is 247 g/mol.